The molecule has 102 valence electrons. The third-order valence-electron chi connectivity index (χ3n) is 2.72. The molecule has 3 N–H and O–H groups in total. The minimum absolute atomic E-state index is 0.252. The molecule has 0 aliphatic heterocycles. The maximum Gasteiger partial charge on any atom is 0.251 e. The van der Waals surface area contributed by atoms with Crippen LogP contribution >= 0.6 is 0 Å². The van der Waals surface area contributed by atoms with Crippen LogP contribution in [0.5, 0.6) is 0 Å². The summed E-state index contributed by atoms with van der Waals surface area (Å²) in [6.07, 6.45) is -0.478. The van der Waals surface area contributed by atoms with Gasteiger partial charge in [-0.15, -0.1) is 0 Å². The molecule has 0 unspecified atom stereocenters. The molecule has 0 saturated heterocycles. The number of aromatic nitrogens is 1. The first-order chi connectivity index (χ1) is 9.15. The maximum atomic E-state index is 11.9. The van der Waals surface area contributed by atoms with Crippen LogP contribution in [0.15, 0.2) is 22.7 Å². The van der Waals surface area contributed by atoms with E-state index >= 15 is 0 Å². The summed E-state index contributed by atoms with van der Waals surface area (Å²) >= 11 is 0. The van der Waals surface area contributed by atoms with E-state index in [0.717, 1.165) is 0 Å². The number of nitrogens with two attached hydrogens (primary N) is 1. The molecule has 2 aromatic rings. The number of carbonyl (C=O) groups excluding carboxylic acids is 1. The van der Waals surface area contributed by atoms with Gasteiger partial charge in [0.15, 0.2) is 17.7 Å². The van der Waals surface area contributed by atoms with Gasteiger partial charge in [0.2, 0.25) is 0 Å². The van der Waals surface area contributed by atoms with Crippen molar-refractivity contribution in [1.29, 1.82) is 0 Å². The third kappa shape index (κ3) is 2.83. The van der Waals surface area contributed by atoms with Gasteiger partial charge in [0, 0.05) is 19.8 Å². The lowest BCUT2D eigenvalue weighted by molar-refractivity contribution is -0.0974. The number of carbonyl (C=O) groups is 1. The lowest BCUT2D eigenvalue weighted by Gasteiger charge is -2.13. The van der Waals surface area contributed by atoms with Gasteiger partial charge in [0.1, 0.15) is 0 Å². The van der Waals surface area contributed by atoms with E-state index < -0.39 is 6.29 Å². The molecule has 0 spiro atoms. The second-order valence-corrected chi connectivity index (χ2v) is 3.89. The minimum atomic E-state index is -0.478. The monoisotopic (exact) mass is 265 g/mol. The number of nitrogen functional groups attached to an aromatic ring is 1. The van der Waals surface area contributed by atoms with E-state index in [0.29, 0.717) is 22.4 Å². The average Bonchev–Trinajstić information content (AvgIpc) is 2.81. The summed E-state index contributed by atoms with van der Waals surface area (Å²) in [7, 11) is 3.01. The van der Waals surface area contributed by atoms with E-state index in [1.165, 1.54) is 14.2 Å². The molecule has 7 nitrogen and oxygen atoms in total. The van der Waals surface area contributed by atoms with Crippen molar-refractivity contribution in [3.05, 3.63) is 23.8 Å². The van der Waals surface area contributed by atoms with E-state index in [9.17, 15) is 4.79 Å². The van der Waals surface area contributed by atoms with Gasteiger partial charge in [0.05, 0.1) is 11.9 Å². The van der Waals surface area contributed by atoms with Gasteiger partial charge in [-0.3, -0.25) is 4.79 Å². The van der Waals surface area contributed by atoms with Crippen LogP contribution in [0.2, 0.25) is 0 Å². The van der Waals surface area contributed by atoms with E-state index in [1.807, 2.05) is 0 Å². The highest BCUT2D eigenvalue weighted by atomic mass is 16.7. The fraction of sp³-hybridized carbons (Fsp3) is 0.333. The molecule has 2 rings (SSSR count). The van der Waals surface area contributed by atoms with Crippen LogP contribution in [0.4, 0.5) is 5.82 Å². The zero-order valence-electron chi connectivity index (χ0n) is 10.7. The predicted molar refractivity (Wildman–Crippen MR) is 68.6 cm³/mol. The summed E-state index contributed by atoms with van der Waals surface area (Å²) in [5.74, 6) is 0.0526. The Kier molecular flexibility index (Phi) is 3.98. The first-order valence-electron chi connectivity index (χ1n) is 5.64. The molecule has 0 fully saturated rings. The number of ether oxygens (including phenoxy) is 2. The van der Waals surface area contributed by atoms with Gasteiger partial charge in [-0.25, -0.2) is 0 Å². The lowest BCUT2D eigenvalue weighted by Crippen LogP contribution is -2.34. The van der Waals surface area contributed by atoms with Crippen molar-refractivity contribution < 1.29 is 18.8 Å². The number of amides is 1. The fourth-order valence-electron chi connectivity index (χ4n) is 1.64. The Morgan fingerprint density at radius 3 is 2.89 bits per heavy atom. The van der Waals surface area contributed by atoms with Crippen molar-refractivity contribution in [2.45, 2.75) is 6.29 Å². The quantitative estimate of drug-likeness (QED) is 0.774. The van der Waals surface area contributed by atoms with Crippen LogP contribution in [-0.4, -0.2) is 38.1 Å². The van der Waals surface area contributed by atoms with Crippen LogP contribution in [0, 0.1) is 0 Å². The average molecular weight is 265 g/mol. The highest BCUT2D eigenvalue weighted by Gasteiger charge is 2.12. The minimum Gasteiger partial charge on any atom is -0.380 e. The Bertz CT molecular complexity index is 577. The second-order valence-electron chi connectivity index (χ2n) is 3.89. The number of anilines is 1. The van der Waals surface area contributed by atoms with Crippen molar-refractivity contribution in [3.63, 3.8) is 0 Å². The van der Waals surface area contributed by atoms with E-state index in [-0.39, 0.29) is 12.5 Å². The summed E-state index contributed by atoms with van der Waals surface area (Å²) < 4.78 is 15.0. The predicted octanol–water partition coefficient (Wildman–Crippen LogP) is 0.759. The van der Waals surface area contributed by atoms with E-state index in [2.05, 4.69) is 10.5 Å². The summed E-state index contributed by atoms with van der Waals surface area (Å²) in [4.78, 5) is 11.9. The number of hydrogen-bond donors (Lipinski definition) is 2. The molecular formula is C12H15N3O4. The number of fused-ring (bicyclic) bond motifs is 1. The standard InChI is InChI=1S/C12H15N3O4/c1-17-10(18-2)6-14-12(16)7-3-4-8-9(5-7)19-15-11(8)13/h3-5,10H,6H2,1-2H3,(H2,13,15)(H,14,16). The number of hydrogen-bond acceptors (Lipinski definition) is 6. The van der Waals surface area contributed by atoms with Crippen LogP contribution in [0.25, 0.3) is 11.0 Å². The van der Waals surface area contributed by atoms with Gasteiger partial charge in [-0.05, 0) is 18.2 Å². The summed E-state index contributed by atoms with van der Waals surface area (Å²) in [5.41, 5.74) is 6.52. The SMILES string of the molecule is COC(CNC(=O)c1ccc2c(N)noc2c1)OC. The van der Waals surface area contributed by atoms with Crippen molar-refractivity contribution in [3.8, 4) is 0 Å². The van der Waals surface area contributed by atoms with Crippen LogP contribution in [-0.2, 0) is 9.47 Å². The molecule has 1 heterocycles. The van der Waals surface area contributed by atoms with E-state index in [1.54, 1.807) is 18.2 Å². The van der Waals surface area contributed by atoms with Crippen LogP contribution in [0.3, 0.4) is 0 Å². The highest BCUT2D eigenvalue weighted by Crippen LogP contribution is 2.21. The molecule has 0 bridgehead atoms. The molecule has 1 aromatic heterocycles. The molecular weight excluding hydrogens is 250 g/mol. The molecule has 7 heteroatoms. The Morgan fingerprint density at radius 2 is 2.21 bits per heavy atom. The zero-order valence-corrected chi connectivity index (χ0v) is 10.7. The largest absolute Gasteiger partial charge is 0.380 e. The normalized spacial score (nSPS) is 11.1. The lowest BCUT2D eigenvalue weighted by atomic mass is 10.1. The second kappa shape index (κ2) is 5.68. The number of nitrogens with zero attached hydrogens (tertiary/aromatic N) is 1. The summed E-state index contributed by atoms with van der Waals surface area (Å²) in [5, 5.41) is 7.00. The Balaban J connectivity index is 2.09. The molecule has 0 aliphatic rings. The number of nitrogens with one attached hydrogen (secondary N) is 1. The molecule has 0 radical (unpaired) electrons. The Labute approximate surface area is 109 Å². The number of methoxy groups -OCH3 is 2. The number of rotatable bonds is 5. The molecule has 0 saturated carbocycles. The van der Waals surface area contributed by atoms with Gasteiger partial charge in [-0.2, -0.15) is 0 Å². The summed E-state index contributed by atoms with van der Waals surface area (Å²) in [6.45, 7) is 0.252. The smallest absolute Gasteiger partial charge is 0.251 e. The third-order valence-corrected chi connectivity index (χ3v) is 2.72. The van der Waals surface area contributed by atoms with Crippen molar-refractivity contribution in [1.82, 2.24) is 10.5 Å². The first kappa shape index (κ1) is 13.3. The van der Waals surface area contributed by atoms with E-state index in [4.69, 9.17) is 19.7 Å². The van der Waals surface area contributed by atoms with Crippen molar-refractivity contribution in [2.24, 2.45) is 0 Å². The molecule has 19 heavy (non-hydrogen) atoms. The summed E-state index contributed by atoms with van der Waals surface area (Å²) in [6, 6.07) is 4.93. The fourth-order valence-corrected chi connectivity index (χ4v) is 1.64. The first-order valence-corrected chi connectivity index (χ1v) is 5.64. The highest BCUT2D eigenvalue weighted by molar-refractivity contribution is 5.99. The van der Waals surface area contributed by atoms with Gasteiger partial charge in [-0.1, -0.05) is 5.16 Å². The maximum absolute atomic E-state index is 11.9. The number of benzene rings is 1. The van der Waals surface area contributed by atoms with Gasteiger partial charge in [0.25, 0.3) is 5.91 Å². The molecule has 0 atom stereocenters. The van der Waals surface area contributed by atoms with Crippen molar-refractivity contribution in [2.75, 3.05) is 26.5 Å². The van der Waals surface area contributed by atoms with Crippen LogP contribution in [0.1, 0.15) is 10.4 Å². The molecule has 0 aliphatic carbocycles. The molecule has 1 aromatic carbocycles. The topological polar surface area (TPSA) is 99.6 Å². The Hall–Kier alpha value is -2.12. The van der Waals surface area contributed by atoms with Crippen molar-refractivity contribution >= 4 is 22.7 Å². The van der Waals surface area contributed by atoms with Crippen LogP contribution < -0.4 is 11.1 Å². The zero-order chi connectivity index (χ0) is 13.8. The van der Waals surface area contributed by atoms with Gasteiger partial charge < -0.3 is 25.0 Å². The van der Waals surface area contributed by atoms with Gasteiger partial charge >= 0.3 is 0 Å². The Morgan fingerprint density at radius 1 is 1.47 bits per heavy atom. The molecule has 1 amide bonds.